The number of urea groups is 1. The predicted molar refractivity (Wildman–Crippen MR) is 96.9 cm³/mol. The summed E-state index contributed by atoms with van der Waals surface area (Å²) in [5, 5.41) is 3.88. The number of para-hydroxylation sites is 1. The number of hydrogen-bond acceptors (Lipinski definition) is 4. The van der Waals surface area contributed by atoms with Gasteiger partial charge in [-0.05, 0) is 45.4 Å². The molecule has 6 nitrogen and oxygen atoms in total. The zero-order chi connectivity index (χ0) is 18.9. The Morgan fingerprint density at radius 2 is 1.88 bits per heavy atom. The van der Waals surface area contributed by atoms with Gasteiger partial charge in [-0.25, -0.2) is 4.79 Å². The largest absolute Gasteiger partial charge is 0.444 e. The molecule has 3 amide bonds. The van der Waals surface area contributed by atoms with Gasteiger partial charge in [-0.2, -0.15) is 0 Å². The van der Waals surface area contributed by atoms with Gasteiger partial charge < -0.3 is 14.5 Å². The van der Waals surface area contributed by atoms with Crippen LogP contribution in [0.15, 0.2) is 28.7 Å². The van der Waals surface area contributed by atoms with Gasteiger partial charge in [-0.15, -0.1) is 0 Å². The van der Waals surface area contributed by atoms with Crippen LogP contribution in [0.4, 0.5) is 4.79 Å². The van der Waals surface area contributed by atoms with Gasteiger partial charge in [-0.1, -0.05) is 18.2 Å². The summed E-state index contributed by atoms with van der Waals surface area (Å²) in [6, 6.07) is 6.93. The highest BCUT2D eigenvalue weighted by Crippen LogP contribution is 2.48. The summed E-state index contributed by atoms with van der Waals surface area (Å²) in [4.78, 5) is 27.2. The van der Waals surface area contributed by atoms with Crippen LogP contribution >= 0.6 is 11.6 Å². The third-order valence-corrected chi connectivity index (χ3v) is 5.70. The summed E-state index contributed by atoms with van der Waals surface area (Å²) in [6.07, 6.45) is 0.411. The number of hydrogen-bond donors (Lipinski definition) is 1. The van der Waals surface area contributed by atoms with E-state index in [1.807, 2.05) is 45.9 Å². The van der Waals surface area contributed by atoms with Crippen molar-refractivity contribution in [2.45, 2.75) is 57.4 Å². The second kappa shape index (κ2) is 5.24. The Bertz CT molecular complexity index is 933. The number of nitrogens with zero attached hydrogens (tertiary/aromatic N) is 1. The van der Waals surface area contributed by atoms with Crippen molar-refractivity contribution < 1.29 is 18.7 Å². The molecule has 1 aromatic heterocycles. The van der Waals surface area contributed by atoms with Gasteiger partial charge >= 0.3 is 6.03 Å². The second-order valence-corrected chi connectivity index (χ2v) is 8.47. The van der Waals surface area contributed by atoms with Gasteiger partial charge in [-0.3, -0.25) is 9.69 Å². The number of fused-ring (bicyclic) bond motifs is 1. The van der Waals surface area contributed by atoms with Crippen molar-refractivity contribution in [1.82, 2.24) is 10.2 Å². The Kier molecular flexibility index (Phi) is 3.50. The van der Waals surface area contributed by atoms with Crippen LogP contribution < -0.4 is 5.32 Å². The molecule has 1 atom stereocenters. The molecule has 2 aliphatic rings. The van der Waals surface area contributed by atoms with Crippen LogP contribution in [0, 0.1) is 0 Å². The van der Waals surface area contributed by atoms with Crippen LogP contribution in [0.25, 0.3) is 11.0 Å². The highest BCUT2D eigenvalue weighted by Gasteiger charge is 2.67. The maximum Gasteiger partial charge on any atom is 0.325 e. The van der Waals surface area contributed by atoms with Crippen molar-refractivity contribution in [2.24, 2.45) is 0 Å². The molecule has 1 spiro atoms. The second-order valence-electron chi connectivity index (χ2n) is 8.13. The average Bonchev–Trinajstić information content (AvgIpc) is 3.03. The molecule has 1 N–H and O–H groups in total. The topological polar surface area (TPSA) is 71.8 Å². The number of imide groups is 1. The van der Waals surface area contributed by atoms with E-state index in [4.69, 9.17) is 20.8 Å². The van der Waals surface area contributed by atoms with E-state index in [-0.39, 0.29) is 17.7 Å². The first-order valence-corrected chi connectivity index (χ1v) is 8.94. The minimum atomic E-state index is -1.08. The van der Waals surface area contributed by atoms with Crippen LogP contribution in [-0.2, 0) is 16.1 Å². The van der Waals surface area contributed by atoms with Gasteiger partial charge in [0.15, 0.2) is 10.8 Å². The molecule has 2 aliphatic heterocycles. The predicted octanol–water partition coefficient (Wildman–Crippen LogP) is 3.85. The van der Waals surface area contributed by atoms with Crippen LogP contribution in [-0.4, -0.2) is 33.6 Å². The Morgan fingerprint density at radius 3 is 2.54 bits per heavy atom. The fourth-order valence-electron chi connectivity index (χ4n) is 4.34. The highest BCUT2D eigenvalue weighted by molar-refractivity contribution is 6.31. The first-order chi connectivity index (χ1) is 12.1. The third kappa shape index (κ3) is 2.28. The molecule has 0 saturated carbocycles. The fourth-order valence-corrected chi connectivity index (χ4v) is 4.58. The molecular weight excluding hydrogens is 356 g/mol. The summed E-state index contributed by atoms with van der Waals surface area (Å²) in [7, 11) is 0. The lowest BCUT2D eigenvalue weighted by Crippen LogP contribution is -2.59. The lowest BCUT2D eigenvalue weighted by atomic mass is 9.79. The molecule has 0 aliphatic carbocycles. The molecule has 1 aromatic carbocycles. The van der Waals surface area contributed by atoms with Crippen LogP contribution in [0.5, 0.6) is 0 Å². The lowest BCUT2D eigenvalue weighted by molar-refractivity contribution is -0.138. The maximum atomic E-state index is 13.3. The minimum Gasteiger partial charge on any atom is -0.444 e. The van der Waals surface area contributed by atoms with Gasteiger partial charge in [0.25, 0.3) is 5.91 Å². The van der Waals surface area contributed by atoms with E-state index >= 15 is 0 Å². The lowest BCUT2D eigenvalue weighted by Gasteiger charge is -2.33. The number of nitrogens with one attached hydrogen (secondary N) is 1. The van der Waals surface area contributed by atoms with E-state index in [9.17, 15) is 9.59 Å². The summed E-state index contributed by atoms with van der Waals surface area (Å²) in [5.41, 5.74) is -1.17. The first kappa shape index (κ1) is 17.4. The normalized spacial score (nSPS) is 26.9. The first-order valence-electron chi connectivity index (χ1n) is 8.57. The van der Waals surface area contributed by atoms with Gasteiger partial charge in [0, 0.05) is 17.4 Å². The molecule has 1 unspecified atom stereocenters. The van der Waals surface area contributed by atoms with Crippen molar-refractivity contribution in [2.75, 3.05) is 0 Å². The number of amides is 3. The van der Waals surface area contributed by atoms with Crippen molar-refractivity contribution in [3.05, 3.63) is 35.0 Å². The molecule has 2 fully saturated rings. The Hall–Kier alpha value is -2.05. The fraction of sp³-hybridized carbons (Fsp3) is 0.474. The van der Waals surface area contributed by atoms with Crippen LogP contribution in [0.2, 0.25) is 5.22 Å². The van der Waals surface area contributed by atoms with Crippen LogP contribution in [0.1, 0.15) is 39.7 Å². The molecule has 0 bridgehead atoms. The molecule has 0 radical (unpaired) electrons. The molecular formula is C19H21ClN2O4. The molecule has 3 heterocycles. The van der Waals surface area contributed by atoms with Gasteiger partial charge in [0.1, 0.15) is 5.58 Å². The molecule has 7 heteroatoms. The van der Waals surface area contributed by atoms with E-state index in [1.165, 1.54) is 4.90 Å². The summed E-state index contributed by atoms with van der Waals surface area (Å²) >= 11 is 6.23. The SMILES string of the molecule is CC1(C)CC2(NC(=O)N(Cc3c(Cl)oc4ccccc34)C2=O)C(C)(C)O1. The number of carbonyl (C=O) groups is 2. The van der Waals surface area contributed by atoms with E-state index in [1.54, 1.807) is 6.07 Å². The number of ether oxygens (including phenoxy) is 1. The minimum absolute atomic E-state index is 0.0543. The van der Waals surface area contributed by atoms with Gasteiger partial charge in [0.05, 0.1) is 17.7 Å². The number of halogens is 1. The van der Waals surface area contributed by atoms with E-state index in [2.05, 4.69) is 5.32 Å². The summed E-state index contributed by atoms with van der Waals surface area (Å²) < 4.78 is 11.6. The van der Waals surface area contributed by atoms with Gasteiger partial charge in [0.2, 0.25) is 0 Å². The number of carbonyl (C=O) groups excluding carboxylic acids is 2. The van der Waals surface area contributed by atoms with Crippen LogP contribution in [0.3, 0.4) is 0 Å². The summed E-state index contributed by atoms with van der Waals surface area (Å²) in [6.45, 7) is 7.57. The van der Waals surface area contributed by atoms with E-state index < -0.39 is 22.8 Å². The molecule has 2 saturated heterocycles. The third-order valence-electron chi connectivity index (χ3n) is 5.39. The van der Waals surface area contributed by atoms with Crippen molar-refractivity contribution >= 4 is 34.5 Å². The smallest absolute Gasteiger partial charge is 0.325 e. The zero-order valence-electron chi connectivity index (χ0n) is 15.2. The molecule has 2 aromatic rings. The van der Waals surface area contributed by atoms with E-state index in [0.29, 0.717) is 17.6 Å². The zero-order valence-corrected chi connectivity index (χ0v) is 15.9. The standard InChI is InChI=1S/C19H21ClN2O4/c1-17(2)10-19(18(3,4)26-17)15(23)22(16(24)21-19)9-12-11-7-5-6-8-13(11)25-14(12)20/h5-8H,9-10H2,1-4H3,(H,21,24). The van der Waals surface area contributed by atoms with Crippen molar-refractivity contribution in [3.8, 4) is 0 Å². The summed E-state index contributed by atoms with van der Waals surface area (Å²) in [5.74, 6) is -0.292. The number of rotatable bonds is 2. The Balaban J connectivity index is 1.72. The monoisotopic (exact) mass is 376 g/mol. The van der Waals surface area contributed by atoms with Crippen molar-refractivity contribution in [3.63, 3.8) is 0 Å². The quantitative estimate of drug-likeness (QED) is 0.808. The number of furan rings is 1. The highest BCUT2D eigenvalue weighted by atomic mass is 35.5. The number of benzene rings is 1. The maximum absolute atomic E-state index is 13.3. The molecule has 26 heavy (non-hydrogen) atoms. The molecule has 138 valence electrons. The van der Waals surface area contributed by atoms with Crippen molar-refractivity contribution in [1.29, 1.82) is 0 Å². The Labute approximate surface area is 156 Å². The molecule has 4 rings (SSSR count). The van der Waals surface area contributed by atoms with E-state index in [0.717, 1.165) is 5.39 Å². The Morgan fingerprint density at radius 1 is 1.19 bits per heavy atom. The average molecular weight is 377 g/mol.